The lowest BCUT2D eigenvalue weighted by Crippen LogP contribution is -2.26. The highest BCUT2D eigenvalue weighted by atomic mass is 79.9. The van der Waals surface area contributed by atoms with Crippen LogP contribution in [-0.4, -0.2) is 13.0 Å². The molecule has 1 aromatic rings. The maximum Gasteiger partial charge on any atom is 0.226 e. The van der Waals surface area contributed by atoms with E-state index in [1.807, 2.05) is 19.1 Å². The Morgan fingerprint density at radius 2 is 2.20 bits per heavy atom. The highest BCUT2D eigenvalue weighted by Crippen LogP contribution is 2.26. The molecular formula is C11H15BrN2O. The molecule has 0 aliphatic rings. The minimum atomic E-state index is 0.0894. The van der Waals surface area contributed by atoms with Crippen molar-refractivity contribution >= 4 is 33.2 Å². The maximum absolute atomic E-state index is 11.6. The van der Waals surface area contributed by atoms with Gasteiger partial charge in [-0.3, -0.25) is 4.79 Å². The van der Waals surface area contributed by atoms with E-state index >= 15 is 0 Å². The van der Waals surface area contributed by atoms with E-state index in [1.54, 1.807) is 18.0 Å². The molecule has 0 aliphatic carbocycles. The quantitative estimate of drug-likeness (QED) is 0.859. The van der Waals surface area contributed by atoms with Crippen LogP contribution in [0, 0.1) is 0 Å². The molecule has 0 bridgehead atoms. The molecule has 0 unspecified atom stereocenters. The van der Waals surface area contributed by atoms with Crippen molar-refractivity contribution in [2.45, 2.75) is 19.8 Å². The summed E-state index contributed by atoms with van der Waals surface area (Å²) in [5, 5.41) is 0. The third-order valence-corrected chi connectivity index (χ3v) is 2.68. The van der Waals surface area contributed by atoms with Crippen LogP contribution in [0.3, 0.4) is 0 Å². The van der Waals surface area contributed by atoms with Gasteiger partial charge >= 0.3 is 0 Å². The number of amides is 1. The molecule has 1 rings (SSSR count). The Labute approximate surface area is 98.4 Å². The van der Waals surface area contributed by atoms with E-state index in [2.05, 4.69) is 15.9 Å². The van der Waals surface area contributed by atoms with Gasteiger partial charge in [0.25, 0.3) is 0 Å². The molecule has 15 heavy (non-hydrogen) atoms. The van der Waals surface area contributed by atoms with Crippen molar-refractivity contribution in [1.29, 1.82) is 0 Å². The zero-order valence-electron chi connectivity index (χ0n) is 8.96. The van der Waals surface area contributed by atoms with E-state index in [0.717, 1.165) is 16.6 Å². The Balaban J connectivity index is 2.91. The first-order chi connectivity index (χ1) is 7.06. The second-order valence-corrected chi connectivity index (χ2v) is 4.32. The van der Waals surface area contributed by atoms with Crippen LogP contribution in [0.4, 0.5) is 11.4 Å². The fourth-order valence-corrected chi connectivity index (χ4v) is 1.73. The highest BCUT2D eigenvalue weighted by Gasteiger charge is 2.12. The summed E-state index contributed by atoms with van der Waals surface area (Å²) < 4.78 is 0.917. The van der Waals surface area contributed by atoms with Crippen LogP contribution in [0.15, 0.2) is 22.7 Å². The number of halogens is 1. The van der Waals surface area contributed by atoms with Crippen molar-refractivity contribution in [2.24, 2.45) is 0 Å². The molecule has 0 saturated carbocycles. The number of nitrogens with zero attached hydrogens (tertiary/aromatic N) is 1. The smallest absolute Gasteiger partial charge is 0.226 e. The number of carbonyl (C=O) groups excluding carboxylic acids is 1. The van der Waals surface area contributed by atoms with E-state index in [0.29, 0.717) is 12.1 Å². The Morgan fingerprint density at radius 1 is 1.53 bits per heavy atom. The molecule has 0 fully saturated rings. The van der Waals surface area contributed by atoms with Crippen LogP contribution >= 0.6 is 15.9 Å². The predicted octanol–water partition coefficient (Wildman–Crippen LogP) is 2.79. The fourth-order valence-electron chi connectivity index (χ4n) is 1.35. The summed E-state index contributed by atoms with van der Waals surface area (Å²) in [7, 11) is 1.75. The lowest BCUT2D eigenvalue weighted by atomic mass is 10.2. The molecule has 0 aromatic heterocycles. The van der Waals surface area contributed by atoms with Crippen LogP contribution in [-0.2, 0) is 4.79 Å². The van der Waals surface area contributed by atoms with Gasteiger partial charge in [0.1, 0.15) is 0 Å². The van der Waals surface area contributed by atoms with Gasteiger partial charge < -0.3 is 10.6 Å². The number of hydrogen-bond acceptors (Lipinski definition) is 2. The summed E-state index contributed by atoms with van der Waals surface area (Å²) in [6, 6.07) is 5.51. The second-order valence-electron chi connectivity index (χ2n) is 3.41. The summed E-state index contributed by atoms with van der Waals surface area (Å²) in [5.74, 6) is 0.0894. The van der Waals surface area contributed by atoms with Gasteiger partial charge in [-0.25, -0.2) is 0 Å². The van der Waals surface area contributed by atoms with Gasteiger partial charge in [0, 0.05) is 17.9 Å². The van der Waals surface area contributed by atoms with Gasteiger partial charge in [0.2, 0.25) is 5.91 Å². The number of nitrogens with two attached hydrogens (primary N) is 1. The predicted molar refractivity (Wildman–Crippen MR) is 66.9 cm³/mol. The molecule has 0 radical (unpaired) electrons. The monoisotopic (exact) mass is 270 g/mol. The Hall–Kier alpha value is -1.03. The van der Waals surface area contributed by atoms with E-state index in [4.69, 9.17) is 5.73 Å². The second kappa shape index (κ2) is 5.16. The van der Waals surface area contributed by atoms with Gasteiger partial charge in [-0.2, -0.15) is 0 Å². The summed E-state index contributed by atoms with van der Waals surface area (Å²) in [6.07, 6.45) is 1.39. The average molecular weight is 271 g/mol. The fraction of sp³-hybridized carbons (Fsp3) is 0.364. The standard InChI is InChI=1S/C11H15BrN2O/c1-3-4-11(15)14(2)10-6-5-8(12)7-9(10)13/h5-7H,3-4,13H2,1-2H3. The van der Waals surface area contributed by atoms with Crippen molar-refractivity contribution < 1.29 is 4.79 Å². The van der Waals surface area contributed by atoms with Crippen molar-refractivity contribution in [3.8, 4) is 0 Å². The van der Waals surface area contributed by atoms with E-state index < -0.39 is 0 Å². The maximum atomic E-state index is 11.6. The Bertz CT molecular complexity index is 366. The molecule has 0 atom stereocenters. The van der Waals surface area contributed by atoms with Gasteiger partial charge in [0.15, 0.2) is 0 Å². The summed E-state index contributed by atoms with van der Waals surface area (Å²) in [4.78, 5) is 13.2. The lowest BCUT2D eigenvalue weighted by molar-refractivity contribution is -0.118. The summed E-state index contributed by atoms with van der Waals surface area (Å²) in [5.41, 5.74) is 7.20. The highest BCUT2D eigenvalue weighted by molar-refractivity contribution is 9.10. The first kappa shape index (κ1) is 12.0. The van der Waals surface area contributed by atoms with E-state index in [-0.39, 0.29) is 5.91 Å². The van der Waals surface area contributed by atoms with Crippen molar-refractivity contribution in [1.82, 2.24) is 0 Å². The molecule has 1 amide bonds. The van der Waals surface area contributed by atoms with Crippen molar-refractivity contribution in [3.63, 3.8) is 0 Å². The lowest BCUT2D eigenvalue weighted by Gasteiger charge is -2.19. The number of hydrogen-bond donors (Lipinski definition) is 1. The van der Waals surface area contributed by atoms with Crippen LogP contribution in [0.2, 0.25) is 0 Å². The topological polar surface area (TPSA) is 46.3 Å². The van der Waals surface area contributed by atoms with Crippen LogP contribution in [0.1, 0.15) is 19.8 Å². The summed E-state index contributed by atoms with van der Waals surface area (Å²) in [6.45, 7) is 1.98. The van der Waals surface area contributed by atoms with Gasteiger partial charge in [-0.05, 0) is 24.6 Å². The van der Waals surface area contributed by atoms with Gasteiger partial charge in [0.05, 0.1) is 11.4 Å². The third kappa shape index (κ3) is 2.96. The molecule has 3 nitrogen and oxygen atoms in total. The number of rotatable bonds is 3. The molecule has 82 valence electrons. The van der Waals surface area contributed by atoms with Crippen LogP contribution in [0.5, 0.6) is 0 Å². The molecule has 0 aliphatic heterocycles. The SMILES string of the molecule is CCCC(=O)N(C)c1ccc(Br)cc1N. The molecule has 0 spiro atoms. The number of benzene rings is 1. The third-order valence-electron chi connectivity index (χ3n) is 2.19. The molecule has 0 heterocycles. The van der Waals surface area contributed by atoms with E-state index in [9.17, 15) is 4.79 Å². The largest absolute Gasteiger partial charge is 0.397 e. The normalized spacial score (nSPS) is 10.1. The molecule has 1 aromatic carbocycles. The zero-order valence-corrected chi connectivity index (χ0v) is 10.5. The number of anilines is 2. The molecule has 0 saturated heterocycles. The van der Waals surface area contributed by atoms with Crippen molar-refractivity contribution in [2.75, 3.05) is 17.7 Å². The van der Waals surface area contributed by atoms with Crippen molar-refractivity contribution in [3.05, 3.63) is 22.7 Å². The first-order valence-electron chi connectivity index (χ1n) is 4.87. The Morgan fingerprint density at radius 3 is 2.73 bits per heavy atom. The zero-order chi connectivity index (χ0) is 11.4. The summed E-state index contributed by atoms with van der Waals surface area (Å²) >= 11 is 3.33. The minimum absolute atomic E-state index is 0.0894. The van der Waals surface area contributed by atoms with Crippen LogP contribution in [0.25, 0.3) is 0 Å². The number of nitrogen functional groups attached to an aromatic ring is 1. The van der Waals surface area contributed by atoms with Gasteiger partial charge in [-0.15, -0.1) is 0 Å². The Kier molecular flexibility index (Phi) is 4.15. The van der Waals surface area contributed by atoms with E-state index in [1.165, 1.54) is 0 Å². The molecule has 2 N–H and O–H groups in total. The minimum Gasteiger partial charge on any atom is -0.397 e. The molecular weight excluding hydrogens is 256 g/mol. The first-order valence-corrected chi connectivity index (χ1v) is 5.67. The number of carbonyl (C=O) groups is 1. The molecule has 4 heteroatoms. The average Bonchev–Trinajstić information content (AvgIpc) is 2.17. The van der Waals surface area contributed by atoms with Gasteiger partial charge in [-0.1, -0.05) is 22.9 Å². The van der Waals surface area contributed by atoms with Crippen LogP contribution < -0.4 is 10.6 Å².